The van der Waals surface area contributed by atoms with Crippen molar-refractivity contribution in [3.05, 3.63) is 24.3 Å². The number of hydrogen-bond acceptors (Lipinski definition) is 4. The van der Waals surface area contributed by atoms with Crippen LogP contribution in [0.4, 0.5) is 4.79 Å². The van der Waals surface area contributed by atoms with E-state index in [9.17, 15) is 9.90 Å². The van der Waals surface area contributed by atoms with Crippen LogP contribution in [0, 0.1) is 0 Å². The lowest BCUT2D eigenvalue weighted by Crippen LogP contribution is -2.30. The highest BCUT2D eigenvalue weighted by Crippen LogP contribution is 2.10. The number of carbonyl (C=O) groups excluding carboxylic acids is 1. The first-order chi connectivity index (χ1) is 8.13. The van der Waals surface area contributed by atoms with E-state index in [4.69, 9.17) is 9.84 Å². The summed E-state index contributed by atoms with van der Waals surface area (Å²) in [5.74, 6) is 0. The highest BCUT2D eigenvalue weighted by atomic mass is 16.6. The molecular weight excluding hydrogens is 222 g/mol. The van der Waals surface area contributed by atoms with Gasteiger partial charge in [0, 0.05) is 20.2 Å². The second kappa shape index (κ2) is 8.78. The molecule has 17 heavy (non-hydrogen) atoms. The third-order valence-electron chi connectivity index (χ3n) is 2.25. The van der Waals surface area contributed by atoms with Crippen molar-refractivity contribution < 1.29 is 19.7 Å². The van der Waals surface area contributed by atoms with Gasteiger partial charge in [0.25, 0.3) is 0 Å². The predicted molar refractivity (Wildman–Crippen MR) is 65.6 cm³/mol. The highest BCUT2D eigenvalue weighted by molar-refractivity contribution is 5.68. The fourth-order valence-electron chi connectivity index (χ4n) is 1.42. The molecule has 0 saturated carbocycles. The molecule has 1 fully saturated rings. The summed E-state index contributed by atoms with van der Waals surface area (Å²) in [6.45, 7) is 6.65. The van der Waals surface area contributed by atoms with E-state index < -0.39 is 6.10 Å². The maximum absolute atomic E-state index is 11.4. The standard InChI is InChI=1S/C11H17NO3.CH4O/c1-3-4-9(2)8-15-11(14)12-6-5-10(13)7-12;1-2/h3-4,10,13H,1,5-8H2,2H3;2H,1H3/b9-4+;/t10-;/m1./s1. The number of aliphatic hydroxyl groups excluding tert-OH is 2. The van der Waals surface area contributed by atoms with Crippen LogP contribution in [0.2, 0.25) is 0 Å². The SMILES string of the molecule is C=C/C=C(\C)COC(=O)N1CC[C@@H](O)C1.CO. The summed E-state index contributed by atoms with van der Waals surface area (Å²) >= 11 is 0. The molecule has 0 radical (unpaired) electrons. The molecule has 5 nitrogen and oxygen atoms in total. The molecule has 1 aliphatic heterocycles. The van der Waals surface area contributed by atoms with Crippen LogP contribution in [0.1, 0.15) is 13.3 Å². The number of ether oxygens (including phenoxy) is 1. The van der Waals surface area contributed by atoms with Gasteiger partial charge < -0.3 is 19.8 Å². The molecule has 0 unspecified atom stereocenters. The number of likely N-dealkylation sites (tertiary alicyclic amines) is 1. The Bertz CT molecular complexity index is 276. The van der Waals surface area contributed by atoms with Crippen LogP contribution in [0.15, 0.2) is 24.3 Å². The summed E-state index contributed by atoms with van der Waals surface area (Å²) in [6, 6.07) is 0. The van der Waals surface area contributed by atoms with Crippen molar-refractivity contribution in [2.24, 2.45) is 0 Å². The van der Waals surface area contributed by atoms with E-state index in [2.05, 4.69) is 6.58 Å². The fraction of sp³-hybridized carbons (Fsp3) is 0.583. The van der Waals surface area contributed by atoms with Gasteiger partial charge in [-0.2, -0.15) is 0 Å². The van der Waals surface area contributed by atoms with Crippen LogP contribution >= 0.6 is 0 Å². The number of rotatable bonds is 3. The summed E-state index contributed by atoms with van der Waals surface area (Å²) in [7, 11) is 1.00. The van der Waals surface area contributed by atoms with Gasteiger partial charge in [0.05, 0.1) is 6.10 Å². The summed E-state index contributed by atoms with van der Waals surface area (Å²) in [5, 5.41) is 16.2. The van der Waals surface area contributed by atoms with Gasteiger partial charge in [-0.1, -0.05) is 18.7 Å². The number of allylic oxidation sites excluding steroid dienone is 2. The molecule has 0 aromatic heterocycles. The first-order valence-corrected chi connectivity index (χ1v) is 5.46. The average molecular weight is 243 g/mol. The Labute approximate surface area is 102 Å². The molecule has 0 aromatic carbocycles. The topological polar surface area (TPSA) is 70.0 Å². The Kier molecular flexibility index (Phi) is 8.09. The van der Waals surface area contributed by atoms with Crippen LogP contribution in [0.3, 0.4) is 0 Å². The molecule has 2 N–H and O–H groups in total. The van der Waals surface area contributed by atoms with Gasteiger partial charge in [0.1, 0.15) is 6.61 Å². The Morgan fingerprint density at radius 3 is 2.71 bits per heavy atom. The van der Waals surface area contributed by atoms with Crippen molar-refractivity contribution in [3.8, 4) is 0 Å². The highest BCUT2D eigenvalue weighted by Gasteiger charge is 2.25. The normalized spacial score (nSPS) is 19.4. The number of carbonyl (C=O) groups is 1. The second-order valence-corrected chi connectivity index (χ2v) is 3.69. The number of nitrogens with zero attached hydrogens (tertiary/aromatic N) is 1. The van der Waals surface area contributed by atoms with E-state index in [0.717, 1.165) is 12.7 Å². The molecule has 0 spiro atoms. The molecule has 0 aliphatic carbocycles. The van der Waals surface area contributed by atoms with Gasteiger partial charge >= 0.3 is 6.09 Å². The quantitative estimate of drug-likeness (QED) is 0.723. The Morgan fingerprint density at radius 1 is 1.59 bits per heavy atom. The van der Waals surface area contributed by atoms with Gasteiger partial charge in [-0.3, -0.25) is 0 Å². The Hall–Kier alpha value is -1.33. The molecule has 5 heteroatoms. The van der Waals surface area contributed by atoms with Crippen molar-refractivity contribution in [3.63, 3.8) is 0 Å². The molecule has 0 bridgehead atoms. The number of aliphatic hydroxyl groups is 2. The van der Waals surface area contributed by atoms with Gasteiger partial charge in [0.15, 0.2) is 0 Å². The molecule has 1 rings (SSSR count). The van der Waals surface area contributed by atoms with E-state index in [1.807, 2.05) is 6.92 Å². The predicted octanol–water partition coefficient (Wildman–Crippen LogP) is 0.930. The van der Waals surface area contributed by atoms with Crippen molar-refractivity contribution in [2.45, 2.75) is 19.4 Å². The van der Waals surface area contributed by atoms with Gasteiger partial charge in [0.2, 0.25) is 0 Å². The largest absolute Gasteiger partial charge is 0.445 e. The average Bonchev–Trinajstić information content (AvgIpc) is 2.76. The summed E-state index contributed by atoms with van der Waals surface area (Å²) in [6.07, 6.45) is 3.33. The van der Waals surface area contributed by atoms with E-state index in [0.29, 0.717) is 19.5 Å². The number of β-amino-alcohol motifs (C(OH)–C–C–N with tert-alkyl or cyclic N) is 1. The maximum atomic E-state index is 11.4. The summed E-state index contributed by atoms with van der Waals surface area (Å²) < 4.78 is 5.05. The molecule has 1 heterocycles. The molecule has 0 aromatic rings. The number of hydrogen-bond donors (Lipinski definition) is 2. The van der Waals surface area contributed by atoms with Gasteiger partial charge in [-0.15, -0.1) is 0 Å². The minimum atomic E-state index is -0.401. The molecule has 98 valence electrons. The third-order valence-corrected chi connectivity index (χ3v) is 2.25. The smallest absolute Gasteiger partial charge is 0.410 e. The van der Waals surface area contributed by atoms with Crippen molar-refractivity contribution in [1.29, 1.82) is 0 Å². The van der Waals surface area contributed by atoms with Crippen LogP contribution in [0.25, 0.3) is 0 Å². The maximum Gasteiger partial charge on any atom is 0.410 e. The lowest BCUT2D eigenvalue weighted by atomic mass is 10.3. The van der Waals surface area contributed by atoms with E-state index in [-0.39, 0.29) is 12.7 Å². The minimum Gasteiger partial charge on any atom is -0.445 e. The van der Waals surface area contributed by atoms with Gasteiger partial charge in [-0.25, -0.2) is 4.79 Å². The summed E-state index contributed by atoms with van der Waals surface area (Å²) in [5.41, 5.74) is 0.943. The van der Waals surface area contributed by atoms with E-state index in [1.165, 1.54) is 4.90 Å². The van der Waals surface area contributed by atoms with E-state index in [1.54, 1.807) is 12.2 Å². The molecular formula is C12H21NO4. The zero-order valence-corrected chi connectivity index (χ0v) is 10.4. The number of amides is 1. The van der Waals surface area contributed by atoms with Gasteiger partial charge in [-0.05, 0) is 18.9 Å². The molecule has 1 atom stereocenters. The Balaban J connectivity index is 0.00000121. The molecule has 1 saturated heterocycles. The molecule has 1 amide bonds. The zero-order chi connectivity index (χ0) is 13.3. The van der Waals surface area contributed by atoms with E-state index >= 15 is 0 Å². The second-order valence-electron chi connectivity index (χ2n) is 3.69. The fourth-order valence-corrected chi connectivity index (χ4v) is 1.42. The van der Waals surface area contributed by atoms with Crippen LogP contribution in [-0.2, 0) is 4.74 Å². The lowest BCUT2D eigenvalue weighted by Gasteiger charge is -2.15. The van der Waals surface area contributed by atoms with Crippen molar-refractivity contribution >= 4 is 6.09 Å². The Morgan fingerprint density at radius 2 is 2.24 bits per heavy atom. The van der Waals surface area contributed by atoms with Crippen molar-refractivity contribution in [2.75, 3.05) is 26.8 Å². The first-order valence-electron chi connectivity index (χ1n) is 5.46. The lowest BCUT2D eigenvalue weighted by molar-refractivity contribution is 0.110. The van der Waals surface area contributed by atoms with Crippen LogP contribution in [0.5, 0.6) is 0 Å². The van der Waals surface area contributed by atoms with Crippen LogP contribution in [-0.4, -0.2) is 54.1 Å². The first kappa shape index (κ1) is 15.7. The third kappa shape index (κ3) is 6.09. The zero-order valence-electron chi connectivity index (χ0n) is 10.4. The summed E-state index contributed by atoms with van der Waals surface area (Å²) in [4.78, 5) is 13.0. The molecule has 1 aliphatic rings. The monoisotopic (exact) mass is 243 g/mol. The minimum absolute atomic E-state index is 0.275. The van der Waals surface area contributed by atoms with Crippen molar-refractivity contribution in [1.82, 2.24) is 4.90 Å². The van der Waals surface area contributed by atoms with Crippen LogP contribution < -0.4 is 0 Å².